The highest BCUT2D eigenvalue weighted by Crippen LogP contribution is 2.54. The molecular formula is C31H28S4+2. The number of rotatable bonds is 2. The minimum absolute atomic E-state index is 0.0923. The van der Waals surface area contributed by atoms with Crippen molar-refractivity contribution in [3.63, 3.8) is 0 Å². The van der Waals surface area contributed by atoms with Gasteiger partial charge in [-0.15, -0.1) is 0 Å². The highest BCUT2D eigenvalue weighted by molar-refractivity contribution is 8.06. The summed E-state index contributed by atoms with van der Waals surface area (Å²) in [5.41, 5.74) is 0. The molecule has 0 radical (unpaired) electrons. The zero-order valence-corrected chi connectivity index (χ0v) is 23.0. The molecule has 0 aromatic heterocycles. The Morgan fingerprint density at radius 2 is 0.886 bits per heavy atom. The summed E-state index contributed by atoms with van der Waals surface area (Å²) in [4.78, 5) is 12.2. The van der Waals surface area contributed by atoms with Crippen LogP contribution in [0.25, 0.3) is 0 Å². The fraction of sp³-hybridized carbons (Fsp3) is 0.226. The maximum Gasteiger partial charge on any atom is 0.177 e. The molecule has 4 aromatic rings. The summed E-state index contributed by atoms with van der Waals surface area (Å²) in [5.74, 6) is 0.783. The Hall–Kier alpha value is -1.72. The Labute approximate surface area is 223 Å². The lowest BCUT2D eigenvalue weighted by Gasteiger charge is -2.36. The zero-order valence-electron chi connectivity index (χ0n) is 19.7. The van der Waals surface area contributed by atoms with Crippen LogP contribution >= 0.6 is 23.5 Å². The van der Waals surface area contributed by atoms with Crippen LogP contribution in [0.4, 0.5) is 0 Å². The van der Waals surface area contributed by atoms with E-state index < -0.39 is 0 Å². The average Bonchev–Trinajstić information content (AvgIpc) is 2.90. The molecule has 4 aromatic carbocycles. The van der Waals surface area contributed by atoms with Gasteiger partial charge in [-0.2, -0.15) is 0 Å². The van der Waals surface area contributed by atoms with Gasteiger partial charge in [0.2, 0.25) is 0 Å². The van der Waals surface area contributed by atoms with Gasteiger partial charge in [-0.05, 0) is 60.9 Å². The van der Waals surface area contributed by atoms with Crippen LogP contribution in [-0.2, 0) is 21.8 Å². The van der Waals surface area contributed by atoms with Crippen LogP contribution in [0.2, 0.25) is 0 Å². The van der Waals surface area contributed by atoms with Crippen molar-refractivity contribution in [3.8, 4) is 0 Å². The molecule has 1 unspecified atom stereocenters. The molecule has 1 saturated carbocycles. The molecule has 0 bridgehead atoms. The average molecular weight is 529 g/mol. The standard InChI is InChI=1S/C31H28S4/c1-21-18-19-30(34-26-14-6-2-10-22(26)32-23-11-3-7-15-27(23)34)31(20-21)35-28-16-8-4-12-24(28)33-25-13-5-9-17-29(25)35/h2-17,21,30-31H,18-20H2,1H3/q+2/t21?,30-,31-/m0/s1. The first kappa shape index (κ1) is 22.5. The molecule has 0 nitrogen and oxygen atoms in total. The second-order valence-corrected chi connectivity index (χ2v) is 16.2. The van der Waals surface area contributed by atoms with Crippen LogP contribution in [0, 0.1) is 5.92 Å². The van der Waals surface area contributed by atoms with Gasteiger partial charge in [0.25, 0.3) is 0 Å². The van der Waals surface area contributed by atoms with E-state index in [0.29, 0.717) is 10.5 Å². The van der Waals surface area contributed by atoms with Gasteiger partial charge in [0.1, 0.15) is 0 Å². The van der Waals surface area contributed by atoms with Crippen LogP contribution in [0.3, 0.4) is 0 Å². The topological polar surface area (TPSA) is 0 Å². The van der Waals surface area contributed by atoms with E-state index in [2.05, 4.69) is 104 Å². The van der Waals surface area contributed by atoms with Crippen LogP contribution in [-0.4, -0.2) is 10.5 Å². The van der Waals surface area contributed by atoms with Crippen molar-refractivity contribution in [1.29, 1.82) is 0 Å². The monoisotopic (exact) mass is 528 g/mol. The molecule has 0 saturated heterocycles. The summed E-state index contributed by atoms with van der Waals surface area (Å²) >= 11 is 3.94. The van der Waals surface area contributed by atoms with E-state index in [9.17, 15) is 0 Å². The van der Waals surface area contributed by atoms with Crippen molar-refractivity contribution in [2.24, 2.45) is 5.92 Å². The first-order valence-corrected chi connectivity index (χ1v) is 16.7. The zero-order chi connectivity index (χ0) is 23.4. The fourth-order valence-corrected chi connectivity index (χ4v) is 15.4. The SMILES string of the molecule is CC1CC[C@H]([S+]2c3ccccc3Sc3ccccc32)[C@@H]([S+]2c3ccccc3Sc3ccccc32)C1. The molecule has 2 aliphatic heterocycles. The summed E-state index contributed by atoms with van der Waals surface area (Å²) in [7, 11) is 0.190. The third kappa shape index (κ3) is 3.89. The lowest BCUT2D eigenvalue weighted by molar-refractivity contribution is 0.397. The van der Waals surface area contributed by atoms with Gasteiger partial charge in [-0.3, -0.25) is 0 Å². The van der Waals surface area contributed by atoms with Crippen molar-refractivity contribution in [1.82, 2.24) is 0 Å². The van der Waals surface area contributed by atoms with Crippen molar-refractivity contribution < 1.29 is 0 Å². The third-order valence-corrected chi connectivity index (χ3v) is 16.0. The van der Waals surface area contributed by atoms with E-state index in [4.69, 9.17) is 0 Å². The van der Waals surface area contributed by atoms with Crippen molar-refractivity contribution in [2.75, 3.05) is 0 Å². The first-order valence-electron chi connectivity index (χ1n) is 12.5. The van der Waals surface area contributed by atoms with Crippen LogP contribution in [0.15, 0.2) is 136 Å². The molecule has 1 fully saturated rings. The van der Waals surface area contributed by atoms with E-state index in [0.717, 1.165) is 5.92 Å². The van der Waals surface area contributed by atoms with Gasteiger partial charge >= 0.3 is 0 Å². The van der Waals surface area contributed by atoms with Gasteiger partial charge in [-0.25, -0.2) is 0 Å². The maximum atomic E-state index is 2.49. The van der Waals surface area contributed by atoms with Gasteiger partial charge in [0.05, 0.1) is 41.4 Å². The fourth-order valence-electron chi connectivity index (χ4n) is 5.81. The first-order chi connectivity index (χ1) is 17.3. The van der Waals surface area contributed by atoms with E-state index in [1.807, 2.05) is 23.5 Å². The molecule has 4 heteroatoms. The molecule has 174 valence electrons. The smallest absolute Gasteiger partial charge is 0.0795 e. The summed E-state index contributed by atoms with van der Waals surface area (Å²) in [6, 6.07) is 37.0. The Kier molecular flexibility index (Phi) is 5.97. The number of hydrogen-bond acceptors (Lipinski definition) is 2. The van der Waals surface area contributed by atoms with E-state index in [1.54, 1.807) is 19.6 Å². The summed E-state index contributed by atoms with van der Waals surface area (Å²) < 4.78 is 0. The van der Waals surface area contributed by atoms with Gasteiger partial charge in [0, 0.05) is 12.8 Å². The molecule has 3 atom stereocenters. The minimum Gasteiger partial charge on any atom is -0.0795 e. The quantitative estimate of drug-likeness (QED) is 0.238. The number of hydrogen-bond donors (Lipinski definition) is 0. The van der Waals surface area contributed by atoms with E-state index in [1.165, 1.54) is 38.8 Å². The predicted molar refractivity (Wildman–Crippen MR) is 152 cm³/mol. The summed E-state index contributed by atoms with van der Waals surface area (Å²) in [5, 5.41) is 1.33. The number of fused-ring (bicyclic) bond motifs is 4. The van der Waals surface area contributed by atoms with E-state index in [-0.39, 0.29) is 21.8 Å². The largest absolute Gasteiger partial charge is 0.177 e. The second-order valence-electron chi connectivity index (χ2n) is 9.66. The molecule has 7 rings (SSSR count). The highest BCUT2D eigenvalue weighted by atomic mass is 32.2. The van der Waals surface area contributed by atoms with Crippen LogP contribution in [0.5, 0.6) is 0 Å². The Morgan fingerprint density at radius 1 is 0.514 bits per heavy atom. The molecule has 0 N–H and O–H groups in total. The molecule has 0 spiro atoms. The van der Waals surface area contributed by atoms with Crippen LogP contribution in [0.1, 0.15) is 26.2 Å². The normalized spacial score (nSPS) is 23.6. The maximum absolute atomic E-state index is 2.49. The highest BCUT2D eigenvalue weighted by Gasteiger charge is 2.56. The van der Waals surface area contributed by atoms with E-state index >= 15 is 0 Å². The number of benzene rings is 4. The van der Waals surface area contributed by atoms with Crippen molar-refractivity contribution >= 4 is 45.3 Å². The lowest BCUT2D eigenvalue weighted by atomic mass is 9.90. The third-order valence-electron chi connectivity index (χ3n) is 7.38. The molecule has 3 aliphatic rings. The Balaban J connectivity index is 1.41. The van der Waals surface area contributed by atoms with Gasteiger partial charge in [-0.1, -0.05) is 79.0 Å². The summed E-state index contributed by atoms with van der Waals surface area (Å²) in [6.45, 7) is 2.49. The summed E-state index contributed by atoms with van der Waals surface area (Å²) in [6.07, 6.45) is 3.99. The van der Waals surface area contributed by atoms with Crippen molar-refractivity contribution in [2.45, 2.75) is 75.8 Å². The molecule has 1 aliphatic carbocycles. The Morgan fingerprint density at radius 3 is 1.31 bits per heavy atom. The van der Waals surface area contributed by atoms with Gasteiger partial charge < -0.3 is 0 Å². The predicted octanol–water partition coefficient (Wildman–Crippen LogP) is 8.95. The van der Waals surface area contributed by atoms with Gasteiger partial charge in [0.15, 0.2) is 30.1 Å². The molecular weight excluding hydrogens is 501 g/mol. The molecule has 0 amide bonds. The second kappa shape index (κ2) is 9.30. The van der Waals surface area contributed by atoms with Crippen LogP contribution < -0.4 is 0 Å². The Bertz CT molecular complexity index is 1310. The minimum atomic E-state index is 0.0923. The van der Waals surface area contributed by atoms with Crippen molar-refractivity contribution in [3.05, 3.63) is 97.1 Å². The lowest BCUT2D eigenvalue weighted by Crippen LogP contribution is -2.45. The molecule has 35 heavy (non-hydrogen) atoms. The molecule has 2 heterocycles.